The molecule has 0 aliphatic heterocycles. The van der Waals surface area contributed by atoms with Gasteiger partial charge in [0.25, 0.3) is 0 Å². The number of benzene rings is 1. The fourth-order valence-corrected chi connectivity index (χ4v) is 5.77. The Kier molecular flexibility index (Phi) is 3.37. The Balaban J connectivity index is 1.60. The van der Waals surface area contributed by atoms with Crippen LogP contribution in [0.5, 0.6) is 0 Å². The lowest BCUT2D eigenvalue weighted by atomic mass is 9.90. The second kappa shape index (κ2) is 5.12. The molecule has 3 aliphatic rings. The molecule has 0 aromatic heterocycles. The molecular formula is C20H29N. The molecule has 1 aromatic carbocycles. The molecule has 1 aromatic rings. The summed E-state index contributed by atoms with van der Waals surface area (Å²) in [6, 6.07) is 7.68. The Hall–Kier alpha value is -0.820. The third kappa shape index (κ3) is 2.16. The third-order valence-electron chi connectivity index (χ3n) is 6.55. The molecule has 4 rings (SSSR count). The quantitative estimate of drug-likeness (QED) is 0.830. The van der Waals surface area contributed by atoms with Crippen molar-refractivity contribution < 1.29 is 0 Å². The van der Waals surface area contributed by atoms with Gasteiger partial charge in [0.2, 0.25) is 0 Å². The summed E-state index contributed by atoms with van der Waals surface area (Å²) in [5.74, 6) is 5.19. The van der Waals surface area contributed by atoms with E-state index in [2.05, 4.69) is 44.3 Å². The number of fused-ring (bicyclic) bond motifs is 5. The Labute approximate surface area is 129 Å². The van der Waals surface area contributed by atoms with Gasteiger partial charge >= 0.3 is 0 Å². The first kappa shape index (κ1) is 13.8. The molecule has 0 radical (unpaired) electrons. The fourth-order valence-electron chi connectivity index (χ4n) is 5.77. The van der Waals surface area contributed by atoms with Gasteiger partial charge in [-0.3, -0.25) is 0 Å². The van der Waals surface area contributed by atoms with Gasteiger partial charge in [0, 0.05) is 6.04 Å². The maximum atomic E-state index is 3.91. The number of hydrogen-bond acceptors (Lipinski definition) is 1. The molecule has 3 aliphatic carbocycles. The van der Waals surface area contributed by atoms with Crippen molar-refractivity contribution in [3.8, 4) is 0 Å². The van der Waals surface area contributed by atoms with Crippen LogP contribution in [0, 0.1) is 43.4 Å². The Morgan fingerprint density at radius 3 is 2.48 bits per heavy atom. The van der Waals surface area contributed by atoms with Gasteiger partial charge in [0.15, 0.2) is 0 Å². The first-order chi connectivity index (χ1) is 10.2. The van der Waals surface area contributed by atoms with Crippen molar-refractivity contribution in [3.05, 3.63) is 34.9 Å². The van der Waals surface area contributed by atoms with Gasteiger partial charge in [0.05, 0.1) is 0 Å². The average Bonchev–Trinajstić information content (AvgIpc) is 2.88. The number of rotatable bonds is 5. The smallest absolute Gasteiger partial charge is 0.0357 e. The van der Waals surface area contributed by atoms with Crippen LogP contribution < -0.4 is 5.32 Å². The molecule has 2 bridgehead atoms. The van der Waals surface area contributed by atoms with Crippen LogP contribution in [0.3, 0.4) is 0 Å². The lowest BCUT2D eigenvalue weighted by molar-refractivity contribution is 0.369. The molecule has 3 saturated carbocycles. The minimum Gasteiger partial charge on any atom is -0.310 e. The van der Waals surface area contributed by atoms with Gasteiger partial charge < -0.3 is 5.32 Å². The first-order valence-electron chi connectivity index (χ1n) is 9.01. The highest BCUT2D eigenvalue weighted by molar-refractivity contribution is 5.35. The highest BCUT2D eigenvalue weighted by atomic mass is 15.0. The molecule has 114 valence electrons. The molecule has 1 nitrogen and oxygen atoms in total. The van der Waals surface area contributed by atoms with Crippen LogP contribution in [-0.4, -0.2) is 6.54 Å². The molecule has 5 atom stereocenters. The molecule has 5 unspecified atom stereocenters. The Morgan fingerprint density at radius 1 is 1.14 bits per heavy atom. The molecular weight excluding hydrogens is 254 g/mol. The first-order valence-corrected chi connectivity index (χ1v) is 9.01. The topological polar surface area (TPSA) is 12.0 Å². The summed E-state index contributed by atoms with van der Waals surface area (Å²) < 4.78 is 0. The highest BCUT2D eigenvalue weighted by Crippen LogP contribution is 2.72. The SMILES string of the molecule is CCCNC(c1ccc(C)cc1C)C1C2C3CCC(C3)C21. The van der Waals surface area contributed by atoms with Gasteiger partial charge in [-0.1, -0.05) is 30.7 Å². The second-order valence-electron chi connectivity index (χ2n) is 7.86. The predicted molar refractivity (Wildman–Crippen MR) is 88.3 cm³/mol. The van der Waals surface area contributed by atoms with E-state index in [1.54, 1.807) is 12.0 Å². The zero-order chi connectivity index (χ0) is 14.6. The Bertz CT molecular complexity index is 519. The van der Waals surface area contributed by atoms with E-state index in [-0.39, 0.29) is 0 Å². The van der Waals surface area contributed by atoms with E-state index in [4.69, 9.17) is 0 Å². The van der Waals surface area contributed by atoms with E-state index in [0.717, 1.165) is 36.1 Å². The maximum Gasteiger partial charge on any atom is 0.0357 e. The van der Waals surface area contributed by atoms with Gasteiger partial charge in [0.1, 0.15) is 0 Å². The van der Waals surface area contributed by atoms with Crippen molar-refractivity contribution in [3.63, 3.8) is 0 Å². The minimum absolute atomic E-state index is 0.615. The van der Waals surface area contributed by atoms with Crippen molar-refractivity contribution in [1.29, 1.82) is 0 Å². The summed E-state index contributed by atoms with van der Waals surface area (Å²) in [5, 5.41) is 3.91. The zero-order valence-electron chi connectivity index (χ0n) is 13.7. The fraction of sp³-hybridized carbons (Fsp3) is 0.700. The average molecular weight is 283 g/mol. The normalized spacial score (nSPS) is 37.6. The molecule has 3 fully saturated rings. The maximum absolute atomic E-state index is 3.91. The van der Waals surface area contributed by atoms with Crippen LogP contribution >= 0.6 is 0 Å². The molecule has 21 heavy (non-hydrogen) atoms. The molecule has 1 heteroatoms. The lowest BCUT2D eigenvalue weighted by Crippen LogP contribution is -2.27. The van der Waals surface area contributed by atoms with Crippen LogP contribution in [0.25, 0.3) is 0 Å². The monoisotopic (exact) mass is 283 g/mol. The van der Waals surface area contributed by atoms with E-state index in [1.165, 1.54) is 30.4 Å². The van der Waals surface area contributed by atoms with Crippen molar-refractivity contribution in [2.75, 3.05) is 6.54 Å². The molecule has 0 heterocycles. The van der Waals surface area contributed by atoms with Crippen molar-refractivity contribution in [2.24, 2.45) is 29.6 Å². The lowest BCUT2D eigenvalue weighted by Gasteiger charge is -2.24. The van der Waals surface area contributed by atoms with Crippen LogP contribution in [-0.2, 0) is 0 Å². The van der Waals surface area contributed by atoms with Crippen LogP contribution in [0.4, 0.5) is 0 Å². The number of hydrogen-bond donors (Lipinski definition) is 1. The number of nitrogens with one attached hydrogen (secondary N) is 1. The summed E-state index contributed by atoms with van der Waals surface area (Å²) in [5.41, 5.74) is 4.45. The molecule has 0 saturated heterocycles. The largest absolute Gasteiger partial charge is 0.310 e. The van der Waals surface area contributed by atoms with Gasteiger partial charge in [-0.05, 0) is 86.8 Å². The number of aryl methyl sites for hydroxylation is 2. The third-order valence-corrected chi connectivity index (χ3v) is 6.55. The van der Waals surface area contributed by atoms with E-state index < -0.39 is 0 Å². The van der Waals surface area contributed by atoms with E-state index in [0.29, 0.717) is 6.04 Å². The van der Waals surface area contributed by atoms with E-state index >= 15 is 0 Å². The summed E-state index contributed by atoms with van der Waals surface area (Å²) in [7, 11) is 0. The summed E-state index contributed by atoms with van der Waals surface area (Å²) >= 11 is 0. The van der Waals surface area contributed by atoms with Gasteiger partial charge in [-0.2, -0.15) is 0 Å². The van der Waals surface area contributed by atoms with Gasteiger partial charge in [-0.25, -0.2) is 0 Å². The van der Waals surface area contributed by atoms with Crippen LogP contribution in [0.15, 0.2) is 18.2 Å². The molecule has 0 spiro atoms. The predicted octanol–water partition coefficient (Wildman–Crippen LogP) is 4.64. The summed E-state index contributed by atoms with van der Waals surface area (Å²) in [6.45, 7) is 7.94. The van der Waals surface area contributed by atoms with Gasteiger partial charge in [-0.15, -0.1) is 0 Å². The minimum atomic E-state index is 0.615. The summed E-state index contributed by atoms with van der Waals surface area (Å²) in [6.07, 6.45) is 5.83. The standard InChI is InChI=1S/C20H29N/c1-4-9-21-20(16-8-5-12(2)10-13(16)3)19-17-14-6-7-15(11-14)18(17)19/h5,8,10,14-15,17-21H,4,6-7,9,11H2,1-3H3. The van der Waals surface area contributed by atoms with Crippen LogP contribution in [0.2, 0.25) is 0 Å². The second-order valence-corrected chi connectivity index (χ2v) is 7.86. The molecule has 0 amide bonds. The van der Waals surface area contributed by atoms with Crippen molar-refractivity contribution in [1.82, 2.24) is 5.32 Å². The zero-order valence-corrected chi connectivity index (χ0v) is 13.7. The van der Waals surface area contributed by atoms with Crippen molar-refractivity contribution in [2.45, 2.75) is 52.5 Å². The van der Waals surface area contributed by atoms with Crippen molar-refractivity contribution >= 4 is 0 Å². The van der Waals surface area contributed by atoms with E-state index in [9.17, 15) is 0 Å². The summed E-state index contributed by atoms with van der Waals surface area (Å²) in [4.78, 5) is 0. The Morgan fingerprint density at radius 2 is 1.86 bits per heavy atom. The highest BCUT2D eigenvalue weighted by Gasteiger charge is 2.66. The molecule has 1 N–H and O–H groups in total. The van der Waals surface area contributed by atoms with E-state index in [1.807, 2.05) is 0 Å². The van der Waals surface area contributed by atoms with Crippen LogP contribution in [0.1, 0.15) is 55.3 Å².